The summed E-state index contributed by atoms with van der Waals surface area (Å²) in [5.41, 5.74) is 1.14. The van der Waals surface area contributed by atoms with Gasteiger partial charge in [-0.15, -0.1) is 0 Å². The summed E-state index contributed by atoms with van der Waals surface area (Å²) in [7, 11) is -1.56. The molecule has 2 heterocycles. The Morgan fingerprint density at radius 3 is 2.05 bits per heavy atom. The van der Waals surface area contributed by atoms with Crippen LogP contribution in [0.15, 0.2) is 29.2 Å². The molecule has 2 aliphatic heterocycles. The number of alkyl halides is 3. The summed E-state index contributed by atoms with van der Waals surface area (Å²) >= 11 is 0. The van der Waals surface area contributed by atoms with E-state index in [1.54, 1.807) is 12.1 Å². The van der Waals surface area contributed by atoms with Crippen LogP contribution in [0, 0.1) is 5.92 Å². The van der Waals surface area contributed by atoms with Gasteiger partial charge in [0.05, 0.1) is 4.90 Å². The maximum absolute atomic E-state index is 13.5. The highest BCUT2D eigenvalue weighted by atomic mass is 32.2. The molecule has 2 aliphatic rings. The van der Waals surface area contributed by atoms with Crippen LogP contribution in [-0.4, -0.2) is 130 Å². The number of carbonyl (C=O) groups is 2. The fourth-order valence-electron chi connectivity index (χ4n) is 4.39. The van der Waals surface area contributed by atoms with Crippen molar-refractivity contribution in [2.24, 2.45) is 5.92 Å². The molecular formula is C26H42F3N5O5S. The second-order valence-corrected chi connectivity index (χ2v) is 12.4. The number of likely N-dealkylation sites (N-methyl/N-ethyl adjacent to an activating group) is 1. The number of nitrogens with one attached hydrogen (secondary N) is 1. The summed E-state index contributed by atoms with van der Waals surface area (Å²) in [5, 5.41) is 10.4. The number of carboxylic acids is 1. The van der Waals surface area contributed by atoms with Crippen LogP contribution in [0.25, 0.3) is 0 Å². The highest BCUT2D eigenvalue weighted by Crippen LogP contribution is 2.19. The van der Waals surface area contributed by atoms with Crippen LogP contribution in [0.4, 0.5) is 13.2 Å². The molecular weight excluding hydrogens is 551 g/mol. The second-order valence-electron chi connectivity index (χ2n) is 10.5. The van der Waals surface area contributed by atoms with E-state index in [0.717, 1.165) is 51.3 Å². The second kappa shape index (κ2) is 15.7. The molecule has 0 aliphatic carbocycles. The van der Waals surface area contributed by atoms with Crippen LogP contribution in [0.3, 0.4) is 0 Å². The van der Waals surface area contributed by atoms with Gasteiger partial charge in [-0.2, -0.15) is 17.5 Å². The maximum Gasteiger partial charge on any atom is 0.490 e. The number of carbonyl (C=O) groups excluding carboxylic acids is 1. The lowest BCUT2D eigenvalue weighted by molar-refractivity contribution is -0.192. The van der Waals surface area contributed by atoms with Gasteiger partial charge in [0.25, 0.3) is 0 Å². The molecule has 228 valence electrons. The molecule has 0 aromatic heterocycles. The molecule has 2 saturated heterocycles. The molecule has 2 fully saturated rings. The zero-order valence-corrected chi connectivity index (χ0v) is 24.3. The summed E-state index contributed by atoms with van der Waals surface area (Å²) < 4.78 is 60.3. The van der Waals surface area contributed by atoms with Gasteiger partial charge in [0.2, 0.25) is 15.9 Å². The van der Waals surface area contributed by atoms with Crippen LogP contribution >= 0.6 is 0 Å². The largest absolute Gasteiger partial charge is 0.490 e. The van der Waals surface area contributed by atoms with Crippen molar-refractivity contribution < 1.29 is 36.3 Å². The molecule has 10 nitrogen and oxygen atoms in total. The first-order valence-electron chi connectivity index (χ1n) is 13.5. The Labute approximate surface area is 235 Å². The van der Waals surface area contributed by atoms with Crippen molar-refractivity contribution in [1.29, 1.82) is 0 Å². The van der Waals surface area contributed by atoms with Crippen LogP contribution in [0.5, 0.6) is 0 Å². The lowest BCUT2D eigenvalue weighted by Crippen LogP contribution is -2.49. The lowest BCUT2D eigenvalue weighted by atomic mass is 10.0. The number of hydrogen-bond acceptors (Lipinski definition) is 7. The molecule has 0 radical (unpaired) electrons. The summed E-state index contributed by atoms with van der Waals surface area (Å²) in [6.07, 6.45) is -3.94. The molecule has 0 spiro atoms. The van der Waals surface area contributed by atoms with Gasteiger partial charge in [0.15, 0.2) is 0 Å². The first kappa shape index (κ1) is 33.9. The number of nitrogens with zero attached hydrogens (tertiary/aromatic N) is 4. The van der Waals surface area contributed by atoms with Crippen molar-refractivity contribution in [2.75, 3.05) is 79.0 Å². The Bertz CT molecular complexity index is 1040. The van der Waals surface area contributed by atoms with Gasteiger partial charge in [-0.1, -0.05) is 26.0 Å². The minimum atomic E-state index is -5.08. The Morgan fingerprint density at radius 1 is 1.00 bits per heavy atom. The minimum absolute atomic E-state index is 0.0311. The van der Waals surface area contributed by atoms with E-state index in [-0.39, 0.29) is 18.9 Å². The third-order valence-corrected chi connectivity index (χ3v) is 8.67. The highest BCUT2D eigenvalue weighted by molar-refractivity contribution is 7.89. The maximum atomic E-state index is 13.5. The van der Waals surface area contributed by atoms with Crippen molar-refractivity contribution in [3.05, 3.63) is 29.8 Å². The van der Waals surface area contributed by atoms with E-state index in [2.05, 4.69) is 36.0 Å². The van der Waals surface area contributed by atoms with E-state index in [4.69, 9.17) is 9.90 Å². The number of carboxylic acid groups (broad SMARTS) is 1. The number of amides is 1. The van der Waals surface area contributed by atoms with E-state index in [1.165, 1.54) is 4.31 Å². The average molecular weight is 594 g/mol. The van der Waals surface area contributed by atoms with Gasteiger partial charge >= 0.3 is 12.1 Å². The van der Waals surface area contributed by atoms with Crippen LogP contribution < -0.4 is 5.32 Å². The average Bonchev–Trinajstić information content (AvgIpc) is 2.89. The summed E-state index contributed by atoms with van der Waals surface area (Å²) in [6.45, 7) is 12.4. The number of benzene rings is 1. The van der Waals surface area contributed by atoms with E-state index in [9.17, 15) is 26.4 Å². The van der Waals surface area contributed by atoms with Crippen LogP contribution in [-0.2, 0) is 26.0 Å². The number of piperazine rings is 2. The van der Waals surface area contributed by atoms with Crippen molar-refractivity contribution >= 4 is 21.9 Å². The van der Waals surface area contributed by atoms with Crippen molar-refractivity contribution in [3.8, 4) is 0 Å². The summed E-state index contributed by atoms with van der Waals surface area (Å²) in [6, 6.07) is 7.26. The first-order chi connectivity index (χ1) is 18.7. The monoisotopic (exact) mass is 593 g/mol. The number of rotatable bonds is 10. The molecule has 2 N–H and O–H groups in total. The third kappa shape index (κ3) is 11.3. The predicted octanol–water partition coefficient (Wildman–Crippen LogP) is 1.58. The van der Waals surface area contributed by atoms with Crippen LogP contribution in [0.2, 0.25) is 0 Å². The summed E-state index contributed by atoms with van der Waals surface area (Å²) in [5.74, 6) is -2.21. The minimum Gasteiger partial charge on any atom is -0.475 e. The molecule has 0 saturated carbocycles. The fourth-order valence-corrected chi connectivity index (χ4v) is 5.82. The van der Waals surface area contributed by atoms with Gasteiger partial charge < -0.3 is 20.2 Å². The predicted molar refractivity (Wildman–Crippen MR) is 145 cm³/mol. The number of hydrogen-bond donors (Lipinski definition) is 2. The Balaban J connectivity index is 0.000000708. The van der Waals surface area contributed by atoms with E-state index in [0.29, 0.717) is 37.0 Å². The number of aliphatic carboxylic acids is 1. The molecule has 40 heavy (non-hydrogen) atoms. The third-order valence-electron chi connectivity index (χ3n) is 6.75. The van der Waals surface area contributed by atoms with Crippen molar-refractivity contribution in [1.82, 2.24) is 24.3 Å². The quantitative estimate of drug-likeness (QED) is 0.421. The van der Waals surface area contributed by atoms with Gasteiger partial charge in [-0.3, -0.25) is 9.69 Å². The molecule has 0 bridgehead atoms. The van der Waals surface area contributed by atoms with Gasteiger partial charge in [0, 0.05) is 78.4 Å². The van der Waals surface area contributed by atoms with Gasteiger partial charge in [-0.05, 0) is 37.1 Å². The van der Waals surface area contributed by atoms with Crippen LogP contribution in [0.1, 0.15) is 25.8 Å². The SMILES string of the molecule is CC(C)Cc1ccc(S(=O)(=O)N(CCC(=O)N2CCNCC2)CCN2CCN(C)CC2)cc1.O=C(O)C(F)(F)F. The molecule has 1 aromatic rings. The zero-order chi connectivity index (χ0) is 29.9. The molecule has 14 heteroatoms. The summed E-state index contributed by atoms with van der Waals surface area (Å²) in [4.78, 5) is 28.4. The molecule has 1 amide bonds. The number of halogens is 3. The Kier molecular flexibility index (Phi) is 13.3. The zero-order valence-electron chi connectivity index (χ0n) is 23.5. The van der Waals surface area contributed by atoms with E-state index < -0.39 is 22.2 Å². The first-order valence-corrected chi connectivity index (χ1v) is 14.9. The normalized spacial score (nSPS) is 17.6. The number of sulfonamides is 1. The van der Waals surface area contributed by atoms with Gasteiger partial charge in [-0.25, -0.2) is 13.2 Å². The van der Waals surface area contributed by atoms with E-state index in [1.807, 2.05) is 17.0 Å². The Morgan fingerprint density at radius 2 is 1.55 bits per heavy atom. The fraction of sp³-hybridized carbons (Fsp3) is 0.692. The topological polar surface area (TPSA) is 113 Å². The lowest BCUT2D eigenvalue weighted by Gasteiger charge is -2.34. The Hall–Kier alpha value is -2.26. The molecule has 0 unspecified atom stereocenters. The van der Waals surface area contributed by atoms with E-state index >= 15 is 0 Å². The standard InChI is InChI=1S/C24H41N5O3S.C2HF3O2/c1-21(2)20-22-4-6-23(7-5-22)33(31,32)29(19-18-27-16-14-26(3)15-17-27)11-8-24(30)28-12-9-25-10-13-28;3-2(4,5)1(6)7/h4-7,21,25H,8-20H2,1-3H3;(H,6,7). The van der Waals surface area contributed by atoms with Crippen molar-refractivity contribution in [3.63, 3.8) is 0 Å². The molecule has 3 rings (SSSR count). The van der Waals surface area contributed by atoms with Crippen molar-refractivity contribution in [2.45, 2.75) is 37.8 Å². The smallest absolute Gasteiger partial charge is 0.475 e. The highest BCUT2D eigenvalue weighted by Gasteiger charge is 2.38. The molecule has 0 atom stereocenters. The molecule has 1 aromatic carbocycles. The van der Waals surface area contributed by atoms with Gasteiger partial charge in [0.1, 0.15) is 0 Å².